The van der Waals surface area contributed by atoms with E-state index in [2.05, 4.69) is 48.8 Å². The number of ether oxygens (including phenoxy) is 1. The molecule has 2 aliphatic heterocycles. The molecule has 10 N–H and O–H groups in total. The first-order valence-corrected chi connectivity index (χ1v) is 35.4. The molecule has 10 atom stereocenters. The summed E-state index contributed by atoms with van der Waals surface area (Å²) >= 11 is 2.41. The van der Waals surface area contributed by atoms with Crippen LogP contribution in [-0.4, -0.2) is 172 Å². The number of carbonyl (C=O) groups is 11. The predicted octanol–water partition coefficient (Wildman–Crippen LogP) is 7.91. The van der Waals surface area contributed by atoms with Crippen molar-refractivity contribution in [2.75, 3.05) is 46.1 Å². The van der Waals surface area contributed by atoms with Gasteiger partial charge in [0.05, 0.1) is 17.2 Å². The number of imide groups is 1. The average Bonchev–Trinajstić information content (AvgIpc) is 1.41. The summed E-state index contributed by atoms with van der Waals surface area (Å²) in [6.07, 6.45) is 24.2. The summed E-state index contributed by atoms with van der Waals surface area (Å²) in [5.41, 5.74) is 6.52. The molecule has 2 aromatic rings. The highest BCUT2D eigenvalue weighted by Crippen LogP contribution is 2.34. The van der Waals surface area contributed by atoms with Crippen LogP contribution in [0.2, 0.25) is 0 Å². The Morgan fingerprint density at radius 1 is 0.867 bits per heavy atom. The van der Waals surface area contributed by atoms with E-state index in [9.17, 15) is 57.8 Å². The third-order valence-electron chi connectivity index (χ3n) is 17.3. The first-order chi connectivity index (χ1) is 46.7. The predicted molar refractivity (Wildman–Crippen MR) is 380 cm³/mol. The van der Waals surface area contributed by atoms with Crippen molar-refractivity contribution in [3.05, 3.63) is 130 Å². The molecule has 1 aromatic heterocycles. The average molecular weight is 1390 g/mol. The number of carbonyl (C=O) groups excluding carboxylic acids is 10. The minimum Gasteiger partial charge on any atom is -0.481 e. The molecule has 2 fully saturated rings. The standard InChI is InChI=1S/C71H100N12O13S2/c1-11-46(6)61(80-64(88)54-30-23-25-37-81(54)9)68(91)82(10)55(44(2)3)41-56(96-71(95)73-8)66-78-53(43-97-66)63(87)76-50(39-47(7)69(92)93)40-48-32-34-49(35-33-48)75-62(86)52(29-26-36-74-70(72)94)77-65(89)60(45(4)5)79-58(84)31-22-19-24-38-83-59(85)42-57(67(83)90)98-51-27-20-17-15-13-12-14-16-18-21-28-51/h12-18,20-21,27-28,32-35,43-44,46-47,50,52,54-57,60-61H,4,11,19,22-26,29-31,36-42H2,1-3,5-10H3,(H,73,95)(H,75,86)(H,76,87)(H,77,89)(H,79,84)(H,80,88)(H,92,93)(H3,72,74,94)/b13-12-,14-12?,15-13?,16-14-,17-15-,18-16?,20-17?,21-18-,27-20-,28-21?,51-27?,51-28+/t46-,47-,50+,52-,54+,55+,56+,57?,60-,61-/m0/s1. The topological polar surface area (TPSA) is 350 Å². The molecular formula is C71H100N12O13S2. The van der Waals surface area contributed by atoms with E-state index in [-0.39, 0.29) is 116 Å². The highest BCUT2D eigenvalue weighted by atomic mass is 32.2. The second-order valence-corrected chi connectivity index (χ2v) is 27.6. The summed E-state index contributed by atoms with van der Waals surface area (Å²) in [6, 6.07) is 0.955. The Bertz CT molecular complexity index is 3310. The minimum atomic E-state index is -1.23. The summed E-state index contributed by atoms with van der Waals surface area (Å²) in [4.78, 5) is 157. The molecule has 0 saturated carbocycles. The number of hydrogen-bond donors (Lipinski definition) is 9. The first kappa shape index (κ1) is 80.0. The fraction of sp³-hybridized carbons (Fsp3) is 0.521. The van der Waals surface area contributed by atoms with Crippen LogP contribution < -0.4 is 43.0 Å². The van der Waals surface area contributed by atoms with Gasteiger partial charge in [0, 0.05) is 74.5 Å². The van der Waals surface area contributed by atoms with Crippen LogP contribution in [0.1, 0.15) is 152 Å². The van der Waals surface area contributed by atoms with Gasteiger partial charge in [-0.2, -0.15) is 0 Å². The molecule has 2 saturated heterocycles. The van der Waals surface area contributed by atoms with E-state index >= 15 is 0 Å². The molecule has 25 nitrogen and oxygen atoms in total. The summed E-state index contributed by atoms with van der Waals surface area (Å²) in [7, 11) is 4.99. The number of carboxylic acid groups (broad SMARTS) is 1. The quantitative estimate of drug-likeness (QED) is 0.0178. The summed E-state index contributed by atoms with van der Waals surface area (Å²) in [5, 5.41) is 30.4. The third-order valence-corrected chi connectivity index (χ3v) is 19.5. The molecule has 11 amide bonds. The fourth-order valence-corrected chi connectivity index (χ4v) is 13.3. The van der Waals surface area contributed by atoms with Crippen LogP contribution in [0.15, 0.2) is 114 Å². The van der Waals surface area contributed by atoms with E-state index in [1.807, 2.05) is 106 Å². The first-order valence-electron chi connectivity index (χ1n) is 33.6. The van der Waals surface area contributed by atoms with Crippen LogP contribution in [0.25, 0.3) is 0 Å². The number of aromatic nitrogens is 1. The van der Waals surface area contributed by atoms with Gasteiger partial charge in [-0.25, -0.2) is 14.6 Å². The smallest absolute Gasteiger partial charge is 0.407 e. The number of allylic oxidation sites excluding steroid dienone is 11. The van der Waals surface area contributed by atoms with Gasteiger partial charge in [0.1, 0.15) is 28.8 Å². The van der Waals surface area contributed by atoms with Crippen molar-refractivity contribution >= 4 is 94.1 Å². The zero-order valence-corrected chi connectivity index (χ0v) is 59.5. The number of urea groups is 1. The number of nitrogens with two attached hydrogens (primary N) is 1. The fourth-order valence-electron chi connectivity index (χ4n) is 11.4. The summed E-state index contributed by atoms with van der Waals surface area (Å²) in [6.45, 7) is 15.8. The maximum absolute atomic E-state index is 14.5. The lowest BCUT2D eigenvalue weighted by Crippen LogP contribution is -2.58. The molecule has 534 valence electrons. The van der Waals surface area contributed by atoms with Crippen molar-refractivity contribution in [3.8, 4) is 0 Å². The second-order valence-electron chi connectivity index (χ2n) is 25.4. The number of hydrogen-bond acceptors (Lipinski definition) is 16. The molecule has 3 heterocycles. The normalized spacial score (nSPS) is 20.2. The van der Waals surface area contributed by atoms with Crippen LogP contribution >= 0.6 is 23.1 Å². The highest BCUT2D eigenvalue weighted by molar-refractivity contribution is 8.04. The Morgan fingerprint density at radius 2 is 1.55 bits per heavy atom. The number of carboxylic acids is 1. The maximum Gasteiger partial charge on any atom is 0.407 e. The number of thioether (sulfide) groups is 1. The van der Waals surface area contributed by atoms with Gasteiger partial charge in [-0.1, -0.05) is 127 Å². The van der Waals surface area contributed by atoms with Crippen molar-refractivity contribution in [2.45, 2.75) is 179 Å². The molecule has 27 heteroatoms. The Balaban J connectivity index is 1.20. The Hall–Kier alpha value is -8.69. The number of nitrogens with zero attached hydrogens (tertiary/aromatic N) is 4. The van der Waals surface area contributed by atoms with Gasteiger partial charge >= 0.3 is 18.1 Å². The van der Waals surface area contributed by atoms with Gasteiger partial charge in [-0.15, -0.1) is 23.1 Å². The lowest BCUT2D eigenvalue weighted by Gasteiger charge is -2.38. The van der Waals surface area contributed by atoms with Crippen LogP contribution in [0.3, 0.4) is 0 Å². The zero-order chi connectivity index (χ0) is 72.0. The monoisotopic (exact) mass is 1390 g/mol. The number of thiazole rings is 1. The SMILES string of the molecule is C=C(C)[C@H](NC(=O)CCCCCN1C(=O)CC(SC2=C/C=C\C=C/C=C\C=C/C=C\2)C1=O)C(=O)N[C@@H](CCCNC(N)=O)C(=O)Nc1ccc(C[C@@H](C[C@H](C)C(=O)O)NC(=O)c2csc([C@@H](C[C@H](C(C)C)N(C)C(=O)[C@@H](NC(=O)[C@H]3CCCCN3C)[C@@H](C)CC)OC(=O)NC)n2)cc1. The molecule has 98 heavy (non-hydrogen) atoms. The number of anilines is 1. The lowest BCUT2D eigenvalue weighted by atomic mass is 9.92. The second kappa shape index (κ2) is 40.9. The van der Waals surface area contributed by atoms with Gasteiger partial charge in [0.15, 0.2) is 6.10 Å². The summed E-state index contributed by atoms with van der Waals surface area (Å²) < 4.78 is 5.88. The van der Waals surface area contributed by atoms with E-state index in [0.717, 1.165) is 35.6 Å². The molecule has 1 aromatic carbocycles. The van der Waals surface area contributed by atoms with Gasteiger partial charge in [-0.3, -0.25) is 53.0 Å². The zero-order valence-electron chi connectivity index (χ0n) is 57.8. The van der Waals surface area contributed by atoms with Crippen molar-refractivity contribution in [1.82, 2.24) is 51.6 Å². The number of unbranched alkanes of at least 4 members (excludes halogenated alkanes) is 2. The lowest BCUT2D eigenvalue weighted by molar-refractivity contribution is -0.142. The number of rotatable bonds is 36. The molecule has 1 unspecified atom stereocenters. The van der Waals surface area contributed by atoms with E-state index in [1.165, 1.54) is 36.0 Å². The van der Waals surface area contributed by atoms with Gasteiger partial charge in [0.25, 0.3) is 5.91 Å². The van der Waals surface area contributed by atoms with Crippen molar-refractivity contribution in [2.24, 2.45) is 23.5 Å². The van der Waals surface area contributed by atoms with Gasteiger partial charge < -0.3 is 57.7 Å². The molecule has 3 aliphatic rings. The van der Waals surface area contributed by atoms with E-state index < -0.39 is 89.2 Å². The largest absolute Gasteiger partial charge is 0.481 e. The van der Waals surface area contributed by atoms with Crippen LogP contribution in [0.5, 0.6) is 0 Å². The molecule has 0 radical (unpaired) electrons. The van der Waals surface area contributed by atoms with E-state index in [0.29, 0.717) is 43.4 Å². The highest BCUT2D eigenvalue weighted by Gasteiger charge is 2.40. The number of primary amides is 1. The number of nitrogens with one attached hydrogen (secondary N) is 7. The van der Waals surface area contributed by atoms with Crippen LogP contribution in [0.4, 0.5) is 15.3 Å². The summed E-state index contributed by atoms with van der Waals surface area (Å²) in [5.74, 6) is -5.77. The van der Waals surface area contributed by atoms with Gasteiger partial charge in [0.2, 0.25) is 41.4 Å². The van der Waals surface area contributed by atoms with Gasteiger partial charge in [-0.05, 0) is 119 Å². The van der Waals surface area contributed by atoms with Crippen LogP contribution in [0, 0.1) is 17.8 Å². The Labute approximate surface area is 583 Å². The molecule has 1 aliphatic carbocycles. The van der Waals surface area contributed by atoms with E-state index in [1.54, 1.807) is 43.1 Å². The number of likely N-dealkylation sites (N-methyl/N-ethyl adjacent to an activating group) is 2. The molecule has 5 rings (SSSR count). The van der Waals surface area contributed by atoms with Crippen molar-refractivity contribution in [1.29, 1.82) is 0 Å². The Kier molecular flexibility index (Phi) is 33.4. The van der Waals surface area contributed by atoms with E-state index in [4.69, 9.17) is 10.5 Å². The van der Waals surface area contributed by atoms with Crippen molar-refractivity contribution in [3.63, 3.8) is 0 Å². The number of aliphatic carboxylic acids is 1. The molecule has 0 spiro atoms. The number of amides is 11. The minimum absolute atomic E-state index is 0.0140. The maximum atomic E-state index is 14.5. The third kappa shape index (κ3) is 26.0. The number of piperidine rings is 1. The number of likely N-dealkylation sites (tertiary alicyclic amines) is 2. The molecular weight excluding hydrogens is 1290 g/mol. The van der Waals surface area contributed by atoms with Crippen LogP contribution in [-0.2, 0) is 49.5 Å². The number of benzene rings is 1. The Morgan fingerprint density at radius 3 is 2.18 bits per heavy atom. The van der Waals surface area contributed by atoms with Crippen molar-refractivity contribution < 1.29 is 62.6 Å². The number of alkyl carbamates (subject to hydrolysis) is 1. The molecule has 0 bridgehead atoms.